The molecule has 1 fully saturated rings. The summed E-state index contributed by atoms with van der Waals surface area (Å²) in [6.45, 7) is 2.98. The molecule has 2 aliphatic rings. The molecule has 2 atom stereocenters. The van der Waals surface area contributed by atoms with Gasteiger partial charge in [0.15, 0.2) is 4.90 Å². The molecule has 0 saturated carbocycles. The summed E-state index contributed by atoms with van der Waals surface area (Å²) in [5, 5.41) is 11.6. The minimum Gasteiger partial charge on any atom is -0.373 e. The van der Waals surface area contributed by atoms with E-state index in [0.29, 0.717) is 19.4 Å². The van der Waals surface area contributed by atoms with E-state index >= 15 is 0 Å². The third kappa shape index (κ3) is 3.91. The first-order valence-electron chi connectivity index (χ1n) is 11.3. The van der Waals surface area contributed by atoms with Gasteiger partial charge in [-0.2, -0.15) is 4.31 Å². The second-order valence-corrected chi connectivity index (χ2v) is 11.1. The Bertz CT molecular complexity index is 1360. The number of nitro benzene ring substituents is 1. The van der Waals surface area contributed by atoms with E-state index in [1.807, 2.05) is 43.3 Å². The average molecular weight is 479 g/mol. The van der Waals surface area contributed by atoms with E-state index in [2.05, 4.69) is 12.1 Å². The molecule has 0 N–H and O–H groups in total. The van der Waals surface area contributed by atoms with E-state index in [4.69, 9.17) is 4.74 Å². The number of nitro groups is 1. The van der Waals surface area contributed by atoms with Crippen LogP contribution < -0.4 is 0 Å². The zero-order chi connectivity index (χ0) is 23.9. The lowest BCUT2D eigenvalue weighted by Crippen LogP contribution is -2.50. The highest BCUT2D eigenvalue weighted by molar-refractivity contribution is 7.89. The Morgan fingerprint density at radius 3 is 2.62 bits per heavy atom. The fourth-order valence-corrected chi connectivity index (χ4v) is 7.03. The Hall–Kier alpha value is -3.07. The van der Waals surface area contributed by atoms with Crippen LogP contribution in [-0.4, -0.2) is 30.8 Å². The highest BCUT2D eigenvalue weighted by Gasteiger charge is 2.47. The number of sulfonamides is 1. The number of para-hydroxylation sites is 1. The van der Waals surface area contributed by atoms with Gasteiger partial charge in [0.05, 0.1) is 11.0 Å². The van der Waals surface area contributed by atoms with Gasteiger partial charge < -0.3 is 4.74 Å². The summed E-state index contributed by atoms with van der Waals surface area (Å²) in [4.78, 5) is 10.7. The lowest BCUT2D eigenvalue weighted by molar-refractivity contribution is -0.387. The molecule has 0 radical (unpaired) electrons. The van der Waals surface area contributed by atoms with E-state index in [1.165, 1.54) is 28.6 Å². The van der Waals surface area contributed by atoms with E-state index in [-0.39, 0.29) is 24.1 Å². The topological polar surface area (TPSA) is 89.8 Å². The molecule has 2 aliphatic heterocycles. The largest absolute Gasteiger partial charge is 0.373 e. The normalized spacial score (nSPS) is 22.9. The third-order valence-corrected chi connectivity index (χ3v) is 8.82. The van der Waals surface area contributed by atoms with Crippen LogP contribution in [0.3, 0.4) is 0 Å². The van der Waals surface area contributed by atoms with Gasteiger partial charge in [-0.05, 0) is 42.5 Å². The van der Waals surface area contributed by atoms with Gasteiger partial charge in [0.1, 0.15) is 0 Å². The number of ether oxygens (including phenoxy) is 1. The summed E-state index contributed by atoms with van der Waals surface area (Å²) < 4.78 is 35.0. The van der Waals surface area contributed by atoms with Gasteiger partial charge in [-0.25, -0.2) is 8.42 Å². The second kappa shape index (κ2) is 8.61. The van der Waals surface area contributed by atoms with Crippen molar-refractivity contribution in [2.45, 2.75) is 42.7 Å². The average Bonchev–Trinajstić information content (AvgIpc) is 2.84. The first kappa shape index (κ1) is 22.7. The van der Waals surface area contributed by atoms with Crippen LogP contribution in [-0.2, 0) is 26.7 Å². The maximum atomic E-state index is 13.7. The summed E-state index contributed by atoms with van der Waals surface area (Å²) in [6.07, 6.45) is 1.15. The molecule has 0 aliphatic carbocycles. The van der Waals surface area contributed by atoms with Crippen molar-refractivity contribution in [1.82, 2.24) is 4.31 Å². The van der Waals surface area contributed by atoms with Gasteiger partial charge in [-0.15, -0.1) is 0 Å². The van der Waals surface area contributed by atoms with E-state index < -0.39 is 26.0 Å². The summed E-state index contributed by atoms with van der Waals surface area (Å²) in [5.74, 6) is 0. The molecule has 5 rings (SSSR count). The number of nitrogens with zero attached hydrogens (tertiary/aromatic N) is 2. The summed E-state index contributed by atoms with van der Waals surface area (Å²) in [6, 6.07) is 21.7. The first-order valence-corrected chi connectivity index (χ1v) is 12.7. The molecule has 176 valence electrons. The number of benzene rings is 3. The van der Waals surface area contributed by atoms with Crippen molar-refractivity contribution in [3.05, 3.63) is 105 Å². The Morgan fingerprint density at radius 1 is 1.06 bits per heavy atom. The summed E-state index contributed by atoms with van der Waals surface area (Å²) in [7, 11) is -4.09. The van der Waals surface area contributed by atoms with E-state index in [1.54, 1.807) is 0 Å². The lowest BCUT2D eigenvalue weighted by atomic mass is 9.68. The molecular formula is C26H26N2O5S. The van der Waals surface area contributed by atoms with Crippen molar-refractivity contribution >= 4 is 15.7 Å². The molecule has 1 spiro atoms. The molecule has 34 heavy (non-hydrogen) atoms. The fourth-order valence-electron chi connectivity index (χ4n) is 5.36. The quantitative estimate of drug-likeness (QED) is 0.393. The van der Waals surface area contributed by atoms with Gasteiger partial charge in [-0.3, -0.25) is 10.1 Å². The smallest absolute Gasteiger partial charge is 0.289 e. The lowest BCUT2D eigenvalue weighted by Gasteiger charge is -2.48. The van der Waals surface area contributed by atoms with Crippen LogP contribution in [0.2, 0.25) is 0 Å². The Labute approximate surface area is 199 Å². The van der Waals surface area contributed by atoms with Crippen LogP contribution in [0.1, 0.15) is 41.2 Å². The predicted octanol–water partition coefficient (Wildman–Crippen LogP) is 4.90. The molecule has 3 aromatic carbocycles. The second-order valence-electron chi connectivity index (χ2n) is 9.16. The van der Waals surface area contributed by atoms with Crippen LogP contribution >= 0.6 is 0 Å². The Kier molecular flexibility index (Phi) is 5.75. The van der Waals surface area contributed by atoms with Gasteiger partial charge >= 0.3 is 0 Å². The monoisotopic (exact) mass is 478 g/mol. The number of aryl methyl sites for hydroxylation is 1. The minimum atomic E-state index is -4.09. The van der Waals surface area contributed by atoms with Crippen molar-refractivity contribution in [2.24, 2.45) is 0 Å². The number of hydrogen-bond donors (Lipinski definition) is 0. The summed E-state index contributed by atoms with van der Waals surface area (Å²) >= 11 is 0. The van der Waals surface area contributed by atoms with Crippen molar-refractivity contribution in [1.29, 1.82) is 0 Å². The third-order valence-electron chi connectivity index (χ3n) is 6.98. The highest BCUT2D eigenvalue weighted by Crippen LogP contribution is 2.48. The molecule has 7 nitrogen and oxygen atoms in total. The molecule has 0 amide bonds. The highest BCUT2D eigenvalue weighted by atomic mass is 32.2. The van der Waals surface area contributed by atoms with Crippen LogP contribution in [0.4, 0.5) is 5.69 Å². The Balaban J connectivity index is 1.57. The van der Waals surface area contributed by atoms with Crippen LogP contribution in [0.15, 0.2) is 77.7 Å². The standard InChI is InChI=1S/C26H26N2O5S/c1-19-7-6-9-20(15-19)24-16-26(13-14-33-24)18-27(17-21-8-2-3-10-22(21)26)34(31,32)25-12-5-4-11-23(25)28(29)30/h2-12,15,24H,13-14,16-18H2,1H3/t24-,26+/m1/s1. The maximum absolute atomic E-state index is 13.7. The molecule has 3 aromatic rings. The predicted molar refractivity (Wildman–Crippen MR) is 128 cm³/mol. The van der Waals surface area contributed by atoms with Crippen LogP contribution in [0.25, 0.3) is 0 Å². The SMILES string of the molecule is Cc1cccc([C@H]2C[C@@]3(CCO2)CN(S(=O)(=O)c2ccccc2[N+](=O)[O-])Cc2ccccc23)c1. The summed E-state index contributed by atoms with van der Waals surface area (Å²) in [5.41, 5.74) is 3.45. The molecule has 8 heteroatoms. The Morgan fingerprint density at radius 2 is 1.82 bits per heavy atom. The maximum Gasteiger partial charge on any atom is 0.289 e. The molecule has 1 saturated heterocycles. The van der Waals surface area contributed by atoms with Gasteiger partial charge in [0.25, 0.3) is 5.69 Å². The van der Waals surface area contributed by atoms with E-state index in [9.17, 15) is 18.5 Å². The van der Waals surface area contributed by atoms with Gasteiger partial charge in [-0.1, -0.05) is 66.2 Å². The minimum absolute atomic E-state index is 0.157. The van der Waals surface area contributed by atoms with Crippen molar-refractivity contribution < 1.29 is 18.1 Å². The van der Waals surface area contributed by atoms with E-state index in [0.717, 1.165) is 22.3 Å². The van der Waals surface area contributed by atoms with Crippen molar-refractivity contribution in [3.63, 3.8) is 0 Å². The van der Waals surface area contributed by atoms with Crippen molar-refractivity contribution in [2.75, 3.05) is 13.2 Å². The van der Waals surface area contributed by atoms with Crippen LogP contribution in [0, 0.1) is 17.0 Å². The van der Waals surface area contributed by atoms with Gasteiger partial charge in [0, 0.05) is 31.2 Å². The number of hydrogen-bond acceptors (Lipinski definition) is 5. The molecule has 0 unspecified atom stereocenters. The fraction of sp³-hybridized carbons (Fsp3) is 0.308. The molecule has 0 bridgehead atoms. The molecule has 2 heterocycles. The van der Waals surface area contributed by atoms with Crippen molar-refractivity contribution in [3.8, 4) is 0 Å². The molecule has 0 aromatic heterocycles. The zero-order valence-electron chi connectivity index (χ0n) is 18.9. The first-order chi connectivity index (χ1) is 16.3. The molecular weight excluding hydrogens is 452 g/mol. The zero-order valence-corrected chi connectivity index (χ0v) is 19.7. The number of rotatable bonds is 4. The van der Waals surface area contributed by atoms with Crippen LogP contribution in [0.5, 0.6) is 0 Å². The number of fused-ring (bicyclic) bond motifs is 2. The van der Waals surface area contributed by atoms with Gasteiger partial charge in [0.2, 0.25) is 10.0 Å².